The Morgan fingerprint density at radius 3 is 2.26 bits per heavy atom. The van der Waals surface area contributed by atoms with Crippen molar-refractivity contribution in [3.63, 3.8) is 0 Å². The average molecular weight is 368 g/mol. The third kappa shape index (κ3) is 4.10. The highest BCUT2D eigenvalue weighted by molar-refractivity contribution is 5.72. The summed E-state index contributed by atoms with van der Waals surface area (Å²) in [7, 11) is 1.76. The van der Waals surface area contributed by atoms with E-state index in [0.29, 0.717) is 6.04 Å². The molecule has 0 bridgehead atoms. The van der Waals surface area contributed by atoms with Crippen LogP contribution in [0.15, 0.2) is 12.1 Å². The number of hydrogen-bond donors (Lipinski definition) is 1. The van der Waals surface area contributed by atoms with Crippen molar-refractivity contribution < 1.29 is 4.74 Å². The number of anilines is 1. The zero-order valence-corrected chi connectivity index (χ0v) is 17.5. The van der Waals surface area contributed by atoms with Crippen LogP contribution in [0.4, 0.5) is 5.82 Å². The zero-order valence-electron chi connectivity index (χ0n) is 17.5. The molecule has 0 radical (unpaired) electrons. The number of fused-ring (bicyclic) bond motifs is 1. The smallest absolute Gasteiger partial charge is 0.148 e. The molecule has 1 heterocycles. The molecular weight excluding hydrogens is 334 g/mol. The molecule has 3 rings (SSSR count). The highest BCUT2D eigenvalue weighted by Crippen LogP contribution is 2.37. The van der Waals surface area contributed by atoms with Crippen LogP contribution in [-0.4, -0.2) is 23.1 Å². The summed E-state index contributed by atoms with van der Waals surface area (Å²) < 4.78 is 5.77. The fourth-order valence-electron chi connectivity index (χ4n) is 3.78. The van der Waals surface area contributed by atoms with Crippen LogP contribution in [0.25, 0.3) is 11.3 Å². The highest BCUT2D eigenvalue weighted by Gasteiger charge is 2.20. The van der Waals surface area contributed by atoms with Gasteiger partial charge in [-0.1, -0.05) is 20.8 Å². The second-order valence-corrected chi connectivity index (χ2v) is 7.50. The third-order valence-electron chi connectivity index (χ3n) is 5.62. The maximum Gasteiger partial charge on any atom is 0.148 e. The molecule has 0 fully saturated rings. The van der Waals surface area contributed by atoms with Gasteiger partial charge in [0.05, 0.1) is 24.2 Å². The topological polar surface area (TPSA) is 47.0 Å². The molecule has 0 amide bonds. The highest BCUT2D eigenvalue weighted by atomic mass is 16.5. The van der Waals surface area contributed by atoms with Gasteiger partial charge in [-0.15, -0.1) is 0 Å². The lowest BCUT2D eigenvalue weighted by Crippen LogP contribution is -2.18. The molecule has 1 aromatic carbocycles. The van der Waals surface area contributed by atoms with Crippen molar-refractivity contribution in [2.45, 2.75) is 78.7 Å². The summed E-state index contributed by atoms with van der Waals surface area (Å²) in [5.41, 5.74) is 7.01. The number of aryl methyl sites for hydroxylation is 4. The molecule has 0 aliphatic heterocycles. The molecule has 27 heavy (non-hydrogen) atoms. The second-order valence-electron chi connectivity index (χ2n) is 7.50. The van der Waals surface area contributed by atoms with E-state index < -0.39 is 0 Å². The summed E-state index contributed by atoms with van der Waals surface area (Å²) in [5, 5.41) is 3.54. The Morgan fingerprint density at radius 1 is 1.00 bits per heavy atom. The SMILES string of the molecule is CCc1nc(-c2cc3c(cc2OC)CCCC3)c(CC)nc1N[C@@H](C)CC. The van der Waals surface area contributed by atoms with Gasteiger partial charge < -0.3 is 10.1 Å². The van der Waals surface area contributed by atoms with E-state index in [2.05, 4.69) is 45.1 Å². The minimum absolute atomic E-state index is 0.387. The first kappa shape index (κ1) is 19.7. The molecule has 0 spiro atoms. The fourth-order valence-corrected chi connectivity index (χ4v) is 3.78. The molecular formula is C23H33N3O. The summed E-state index contributed by atoms with van der Waals surface area (Å²) in [4.78, 5) is 10.1. The van der Waals surface area contributed by atoms with Crippen molar-refractivity contribution in [2.75, 3.05) is 12.4 Å². The number of nitrogens with one attached hydrogen (secondary N) is 1. The van der Waals surface area contributed by atoms with E-state index >= 15 is 0 Å². The van der Waals surface area contributed by atoms with Crippen LogP contribution in [-0.2, 0) is 25.7 Å². The van der Waals surface area contributed by atoms with Gasteiger partial charge in [0.25, 0.3) is 0 Å². The molecule has 2 aromatic rings. The van der Waals surface area contributed by atoms with Gasteiger partial charge in [0.1, 0.15) is 11.6 Å². The van der Waals surface area contributed by atoms with Crippen LogP contribution < -0.4 is 10.1 Å². The van der Waals surface area contributed by atoms with Crippen LogP contribution >= 0.6 is 0 Å². The van der Waals surface area contributed by atoms with E-state index in [-0.39, 0.29) is 0 Å². The van der Waals surface area contributed by atoms with E-state index in [1.54, 1.807) is 7.11 Å². The van der Waals surface area contributed by atoms with Crippen molar-refractivity contribution in [2.24, 2.45) is 0 Å². The number of rotatable bonds is 7. The molecule has 1 aliphatic carbocycles. The molecule has 1 aliphatic rings. The van der Waals surface area contributed by atoms with Gasteiger partial charge in [-0.05, 0) is 75.1 Å². The lowest BCUT2D eigenvalue weighted by Gasteiger charge is -2.21. The molecule has 0 saturated carbocycles. The number of ether oxygens (including phenoxy) is 1. The molecule has 146 valence electrons. The Hall–Kier alpha value is -2.10. The number of aromatic nitrogens is 2. The maximum absolute atomic E-state index is 5.77. The van der Waals surface area contributed by atoms with Gasteiger partial charge in [-0.2, -0.15) is 0 Å². The number of nitrogens with zero attached hydrogens (tertiary/aromatic N) is 2. The Balaban J connectivity index is 2.13. The van der Waals surface area contributed by atoms with Crippen molar-refractivity contribution in [3.05, 3.63) is 34.6 Å². The van der Waals surface area contributed by atoms with Crippen LogP contribution in [0.3, 0.4) is 0 Å². The molecule has 1 aromatic heterocycles. The second kappa shape index (κ2) is 8.73. The Kier molecular flexibility index (Phi) is 6.35. The van der Waals surface area contributed by atoms with Gasteiger partial charge in [0.2, 0.25) is 0 Å². The molecule has 4 nitrogen and oxygen atoms in total. The molecule has 1 N–H and O–H groups in total. The molecule has 1 atom stereocenters. The molecule has 0 saturated heterocycles. The summed E-state index contributed by atoms with van der Waals surface area (Å²) in [6.07, 6.45) is 7.60. The maximum atomic E-state index is 5.77. The predicted octanol–water partition coefficient (Wildman–Crippen LogP) is 5.37. The summed E-state index contributed by atoms with van der Waals surface area (Å²) >= 11 is 0. The van der Waals surface area contributed by atoms with Crippen LogP contribution in [0.1, 0.15) is 69.5 Å². The monoisotopic (exact) mass is 367 g/mol. The van der Waals surface area contributed by atoms with Crippen molar-refractivity contribution in [3.8, 4) is 17.0 Å². The minimum Gasteiger partial charge on any atom is -0.496 e. The summed E-state index contributed by atoms with van der Waals surface area (Å²) in [6, 6.07) is 4.91. The fraction of sp³-hybridized carbons (Fsp3) is 0.565. The predicted molar refractivity (Wildman–Crippen MR) is 113 cm³/mol. The number of benzene rings is 1. The Bertz CT molecular complexity index is 801. The lowest BCUT2D eigenvalue weighted by molar-refractivity contribution is 0.415. The average Bonchev–Trinajstić information content (AvgIpc) is 2.72. The number of methoxy groups -OCH3 is 1. The van der Waals surface area contributed by atoms with Gasteiger partial charge in [0, 0.05) is 11.6 Å². The quantitative estimate of drug-likeness (QED) is 0.715. The van der Waals surface area contributed by atoms with Gasteiger partial charge in [-0.3, -0.25) is 0 Å². The Labute approximate surface area is 163 Å². The summed E-state index contributed by atoms with van der Waals surface area (Å²) in [6.45, 7) is 8.67. The summed E-state index contributed by atoms with van der Waals surface area (Å²) in [5.74, 6) is 1.86. The van der Waals surface area contributed by atoms with Crippen molar-refractivity contribution in [1.82, 2.24) is 9.97 Å². The van der Waals surface area contributed by atoms with Crippen molar-refractivity contribution >= 4 is 5.82 Å². The Morgan fingerprint density at radius 2 is 1.67 bits per heavy atom. The van der Waals surface area contributed by atoms with E-state index in [1.807, 2.05) is 0 Å². The van der Waals surface area contributed by atoms with Gasteiger partial charge in [0.15, 0.2) is 0 Å². The van der Waals surface area contributed by atoms with E-state index in [4.69, 9.17) is 14.7 Å². The molecule has 0 unspecified atom stereocenters. The van der Waals surface area contributed by atoms with Crippen LogP contribution in [0, 0.1) is 0 Å². The number of hydrogen-bond acceptors (Lipinski definition) is 4. The van der Waals surface area contributed by atoms with Gasteiger partial charge in [-0.25, -0.2) is 9.97 Å². The third-order valence-corrected chi connectivity index (χ3v) is 5.62. The normalized spacial score (nSPS) is 14.6. The lowest BCUT2D eigenvalue weighted by atomic mass is 9.89. The van der Waals surface area contributed by atoms with E-state index in [0.717, 1.165) is 66.3 Å². The first-order valence-electron chi connectivity index (χ1n) is 10.5. The van der Waals surface area contributed by atoms with Crippen LogP contribution in [0.2, 0.25) is 0 Å². The first-order valence-corrected chi connectivity index (χ1v) is 10.5. The minimum atomic E-state index is 0.387. The van der Waals surface area contributed by atoms with Crippen molar-refractivity contribution in [1.29, 1.82) is 0 Å². The molecule has 4 heteroatoms. The van der Waals surface area contributed by atoms with Crippen LogP contribution in [0.5, 0.6) is 5.75 Å². The first-order chi connectivity index (χ1) is 13.1. The van der Waals surface area contributed by atoms with Gasteiger partial charge >= 0.3 is 0 Å². The zero-order chi connectivity index (χ0) is 19.4. The largest absolute Gasteiger partial charge is 0.496 e. The standard InChI is InChI=1S/C23H33N3O/c1-6-15(4)24-23-20(8-3)25-22(19(7-2)26-23)18-13-16-11-9-10-12-17(16)14-21(18)27-5/h13-15H,6-12H2,1-5H3,(H,24,26)/t15-/m0/s1. The van der Waals surface area contributed by atoms with E-state index in [9.17, 15) is 0 Å². The van der Waals surface area contributed by atoms with E-state index in [1.165, 1.54) is 24.0 Å².